The standard InChI is InChI=1S/C15H22O5S.Na.H/c1-11(10-15(2,3)4)9-14(16)20-12-7-5-6-8-13(12)21(17,18)19;;/h5-8,11H,9-10H2,1-4H3,(H,17,18,19);;. The van der Waals surface area contributed by atoms with Gasteiger partial charge in [-0.05, 0) is 29.9 Å². The molecule has 0 heterocycles. The van der Waals surface area contributed by atoms with Crippen molar-refractivity contribution in [1.29, 1.82) is 0 Å². The van der Waals surface area contributed by atoms with E-state index in [0.717, 1.165) is 6.42 Å². The Kier molecular flexibility index (Phi) is 8.30. The first kappa shape index (κ1) is 21.6. The van der Waals surface area contributed by atoms with Crippen LogP contribution < -0.4 is 4.74 Å². The van der Waals surface area contributed by atoms with Gasteiger partial charge in [-0.3, -0.25) is 9.35 Å². The number of carbonyl (C=O) groups excluding carboxylic acids is 1. The van der Waals surface area contributed by atoms with E-state index in [2.05, 4.69) is 20.8 Å². The minimum absolute atomic E-state index is 0. The van der Waals surface area contributed by atoms with E-state index in [-0.39, 0.29) is 53.1 Å². The average Bonchev–Trinajstić information content (AvgIpc) is 2.24. The molecule has 1 atom stereocenters. The van der Waals surface area contributed by atoms with Crippen molar-refractivity contribution in [1.82, 2.24) is 0 Å². The molecule has 1 unspecified atom stereocenters. The molecule has 0 fully saturated rings. The first-order valence-corrected chi connectivity index (χ1v) is 8.20. The second kappa shape index (κ2) is 8.45. The molecular weight excluding hydrogens is 315 g/mol. The maximum absolute atomic E-state index is 11.9. The van der Waals surface area contributed by atoms with Crippen LogP contribution in [0.15, 0.2) is 29.2 Å². The van der Waals surface area contributed by atoms with Crippen LogP contribution in [0.4, 0.5) is 0 Å². The van der Waals surface area contributed by atoms with E-state index >= 15 is 0 Å². The van der Waals surface area contributed by atoms with E-state index in [1.807, 2.05) is 6.92 Å². The van der Waals surface area contributed by atoms with E-state index in [1.165, 1.54) is 24.3 Å². The number of benzene rings is 1. The molecule has 0 aliphatic rings. The third-order valence-electron chi connectivity index (χ3n) is 2.83. The van der Waals surface area contributed by atoms with E-state index in [9.17, 15) is 13.2 Å². The second-order valence-electron chi connectivity index (χ2n) is 6.47. The van der Waals surface area contributed by atoms with Gasteiger partial charge >= 0.3 is 35.5 Å². The maximum atomic E-state index is 11.9. The molecule has 7 heteroatoms. The normalized spacial score (nSPS) is 13.1. The van der Waals surface area contributed by atoms with Crippen molar-refractivity contribution in [2.24, 2.45) is 11.3 Å². The molecule has 1 N–H and O–H groups in total. The summed E-state index contributed by atoms with van der Waals surface area (Å²) >= 11 is 0. The van der Waals surface area contributed by atoms with Gasteiger partial charge in [0.1, 0.15) is 4.90 Å². The predicted molar refractivity (Wildman–Crippen MR) is 86.9 cm³/mol. The van der Waals surface area contributed by atoms with Gasteiger partial charge in [0.2, 0.25) is 0 Å². The SMILES string of the molecule is CC(CC(=O)Oc1ccccc1S(=O)(=O)O)CC(C)(C)C.[NaH]. The first-order valence-electron chi connectivity index (χ1n) is 6.76. The Hall–Kier alpha value is -0.400. The van der Waals surface area contributed by atoms with Crippen LogP contribution in [0.1, 0.15) is 40.5 Å². The van der Waals surface area contributed by atoms with Gasteiger partial charge in [0.25, 0.3) is 10.1 Å². The number of carbonyl (C=O) groups is 1. The number of rotatable bonds is 5. The van der Waals surface area contributed by atoms with Crippen molar-refractivity contribution < 1.29 is 22.5 Å². The van der Waals surface area contributed by atoms with Crippen molar-refractivity contribution in [3.63, 3.8) is 0 Å². The van der Waals surface area contributed by atoms with Gasteiger partial charge in [-0.15, -0.1) is 0 Å². The van der Waals surface area contributed by atoms with Crippen molar-refractivity contribution in [3.8, 4) is 5.75 Å². The first-order chi connectivity index (χ1) is 9.49. The summed E-state index contributed by atoms with van der Waals surface area (Å²) < 4.78 is 36.6. The summed E-state index contributed by atoms with van der Waals surface area (Å²) in [4.78, 5) is 11.5. The topological polar surface area (TPSA) is 80.7 Å². The molecular formula is C15H23NaO5S. The summed E-state index contributed by atoms with van der Waals surface area (Å²) in [6.07, 6.45) is 1.04. The molecule has 1 rings (SSSR count). The fraction of sp³-hybridized carbons (Fsp3) is 0.533. The van der Waals surface area contributed by atoms with Crippen LogP contribution in [-0.2, 0) is 14.9 Å². The molecule has 5 nitrogen and oxygen atoms in total. The van der Waals surface area contributed by atoms with E-state index in [0.29, 0.717) is 0 Å². The quantitative estimate of drug-likeness (QED) is 0.386. The molecule has 1 aromatic rings. The summed E-state index contributed by atoms with van der Waals surface area (Å²) in [7, 11) is -4.41. The molecule has 0 saturated heterocycles. The van der Waals surface area contributed by atoms with Crippen LogP contribution >= 0.6 is 0 Å². The Bertz CT molecular complexity index is 605. The molecule has 1 aromatic carbocycles. The van der Waals surface area contributed by atoms with Crippen LogP contribution in [0.25, 0.3) is 0 Å². The molecule has 0 bridgehead atoms. The van der Waals surface area contributed by atoms with E-state index < -0.39 is 21.0 Å². The molecule has 0 aliphatic heterocycles. The zero-order chi connectivity index (χ0) is 16.3. The molecule has 0 aromatic heterocycles. The summed E-state index contributed by atoms with van der Waals surface area (Å²) in [5.74, 6) is -0.536. The molecule has 0 spiro atoms. The molecule has 0 amide bonds. The van der Waals surface area contributed by atoms with Gasteiger partial charge in [-0.2, -0.15) is 8.42 Å². The number of esters is 1. The zero-order valence-corrected chi connectivity index (χ0v) is 13.6. The van der Waals surface area contributed by atoms with Gasteiger partial charge in [0, 0.05) is 6.42 Å². The van der Waals surface area contributed by atoms with Crippen molar-refractivity contribution in [2.75, 3.05) is 0 Å². The van der Waals surface area contributed by atoms with Crippen LogP contribution in [0.3, 0.4) is 0 Å². The number of hydrogen-bond acceptors (Lipinski definition) is 4. The fourth-order valence-electron chi connectivity index (χ4n) is 2.31. The molecule has 0 saturated carbocycles. The van der Waals surface area contributed by atoms with Crippen LogP contribution in [-0.4, -0.2) is 48.5 Å². The Balaban J connectivity index is 0.00000441. The van der Waals surface area contributed by atoms with Crippen molar-refractivity contribution >= 4 is 45.6 Å². The average molecular weight is 338 g/mol. The summed E-state index contributed by atoms with van der Waals surface area (Å²) in [5.41, 5.74) is 0.103. The Morgan fingerprint density at radius 2 is 1.82 bits per heavy atom. The van der Waals surface area contributed by atoms with E-state index in [1.54, 1.807) is 0 Å². The predicted octanol–water partition coefficient (Wildman–Crippen LogP) is 2.65. The Morgan fingerprint density at radius 3 is 2.32 bits per heavy atom. The summed E-state index contributed by atoms with van der Waals surface area (Å²) in [5, 5.41) is 0. The summed E-state index contributed by atoms with van der Waals surface area (Å²) in [6.45, 7) is 8.20. The van der Waals surface area contributed by atoms with Crippen LogP contribution in [0.5, 0.6) is 5.75 Å². The van der Waals surface area contributed by atoms with Gasteiger partial charge in [0.05, 0.1) is 0 Å². The minimum atomic E-state index is -4.41. The number of ether oxygens (including phenoxy) is 1. The van der Waals surface area contributed by atoms with Gasteiger partial charge in [-0.25, -0.2) is 0 Å². The molecule has 120 valence electrons. The molecule has 22 heavy (non-hydrogen) atoms. The summed E-state index contributed by atoms with van der Waals surface area (Å²) in [6, 6.07) is 5.52. The third-order valence-corrected chi connectivity index (χ3v) is 3.72. The monoisotopic (exact) mass is 338 g/mol. The van der Waals surface area contributed by atoms with Crippen LogP contribution in [0, 0.1) is 11.3 Å². The number of hydrogen-bond donors (Lipinski definition) is 1. The molecule has 0 aliphatic carbocycles. The zero-order valence-electron chi connectivity index (χ0n) is 12.8. The van der Waals surface area contributed by atoms with Crippen LogP contribution in [0.2, 0.25) is 0 Å². The second-order valence-corrected chi connectivity index (χ2v) is 7.86. The Morgan fingerprint density at radius 1 is 1.27 bits per heavy atom. The number of para-hydroxylation sites is 1. The van der Waals surface area contributed by atoms with Gasteiger partial charge in [0.15, 0.2) is 5.75 Å². The van der Waals surface area contributed by atoms with Gasteiger partial charge < -0.3 is 4.74 Å². The molecule has 0 radical (unpaired) electrons. The third kappa shape index (κ3) is 7.74. The van der Waals surface area contributed by atoms with Crippen molar-refractivity contribution in [2.45, 2.75) is 45.4 Å². The Labute approximate surface area is 154 Å². The van der Waals surface area contributed by atoms with Gasteiger partial charge in [-0.1, -0.05) is 39.8 Å². The fourth-order valence-corrected chi connectivity index (χ4v) is 2.93. The van der Waals surface area contributed by atoms with E-state index in [4.69, 9.17) is 9.29 Å². The van der Waals surface area contributed by atoms with Crippen molar-refractivity contribution in [3.05, 3.63) is 24.3 Å².